The molecule has 1 atom stereocenters. The molecule has 0 aliphatic carbocycles. The van der Waals surface area contributed by atoms with E-state index >= 15 is 0 Å². The summed E-state index contributed by atoms with van der Waals surface area (Å²) < 4.78 is 0. The number of piperidine rings is 1. The highest BCUT2D eigenvalue weighted by Crippen LogP contribution is 2.16. The van der Waals surface area contributed by atoms with Crippen LogP contribution in [0.25, 0.3) is 0 Å². The normalized spacial score (nSPS) is 19.9. The third-order valence-corrected chi connectivity index (χ3v) is 2.60. The van der Waals surface area contributed by atoms with E-state index in [0.717, 1.165) is 6.42 Å². The summed E-state index contributed by atoms with van der Waals surface area (Å²) in [5.74, 6) is 1.16. The second-order valence-electron chi connectivity index (χ2n) is 3.81. The number of aliphatic carboxylic acids is 1. The highest BCUT2D eigenvalue weighted by molar-refractivity contribution is 5.76. The van der Waals surface area contributed by atoms with E-state index in [9.17, 15) is 9.59 Å². The van der Waals surface area contributed by atoms with Gasteiger partial charge in [-0.05, 0) is 12.8 Å². The molecule has 0 radical (unpaired) electrons. The Balaban J connectivity index is 2.38. The van der Waals surface area contributed by atoms with Crippen LogP contribution in [0.15, 0.2) is 0 Å². The van der Waals surface area contributed by atoms with Crippen LogP contribution in [0.2, 0.25) is 0 Å². The molecule has 2 amide bonds. The topological polar surface area (TPSA) is 69.6 Å². The number of carboxylic acids is 1. The van der Waals surface area contributed by atoms with Crippen molar-refractivity contribution in [3.05, 3.63) is 0 Å². The summed E-state index contributed by atoms with van der Waals surface area (Å²) in [6.07, 6.45) is 6.93. The first-order valence-electron chi connectivity index (χ1n) is 5.34. The van der Waals surface area contributed by atoms with Crippen molar-refractivity contribution in [3.63, 3.8) is 0 Å². The van der Waals surface area contributed by atoms with E-state index in [1.54, 1.807) is 4.90 Å². The third kappa shape index (κ3) is 3.46. The van der Waals surface area contributed by atoms with E-state index in [1.165, 1.54) is 0 Å². The summed E-state index contributed by atoms with van der Waals surface area (Å²) in [6, 6.07) is -0.221. The average Bonchev–Trinajstić information content (AvgIpc) is 2.29. The summed E-state index contributed by atoms with van der Waals surface area (Å²) in [6.45, 7) is 1.34. The van der Waals surface area contributed by atoms with Crippen LogP contribution in [0, 0.1) is 18.3 Å². The number of carbonyl (C=O) groups is 2. The van der Waals surface area contributed by atoms with Gasteiger partial charge in [-0.15, -0.1) is 12.3 Å². The van der Waals surface area contributed by atoms with Gasteiger partial charge in [0.1, 0.15) is 0 Å². The first kappa shape index (κ1) is 12.4. The smallest absolute Gasteiger partial charge is 0.317 e. The predicted molar refractivity (Wildman–Crippen MR) is 58.8 cm³/mol. The molecule has 88 valence electrons. The molecule has 16 heavy (non-hydrogen) atoms. The van der Waals surface area contributed by atoms with Crippen LogP contribution in [-0.4, -0.2) is 41.6 Å². The van der Waals surface area contributed by atoms with Gasteiger partial charge in [0.15, 0.2) is 0 Å². The molecule has 5 heteroatoms. The average molecular weight is 224 g/mol. The zero-order valence-electron chi connectivity index (χ0n) is 9.11. The monoisotopic (exact) mass is 224 g/mol. The molecule has 0 saturated carbocycles. The number of nitrogens with one attached hydrogen (secondary N) is 1. The number of hydrogen-bond donors (Lipinski definition) is 2. The maximum Gasteiger partial charge on any atom is 0.317 e. The fourth-order valence-electron chi connectivity index (χ4n) is 1.72. The molecule has 1 heterocycles. The van der Waals surface area contributed by atoms with Gasteiger partial charge in [0.2, 0.25) is 0 Å². The summed E-state index contributed by atoms with van der Waals surface area (Å²) in [7, 11) is 0. The summed E-state index contributed by atoms with van der Waals surface area (Å²) in [4.78, 5) is 23.9. The zero-order chi connectivity index (χ0) is 12.0. The first-order valence-corrected chi connectivity index (χ1v) is 5.34. The van der Waals surface area contributed by atoms with E-state index in [2.05, 4.69) is 11.2 Å². The van der Waals surface area contributed by atoms with Crippen LogP contribution in [0.4, 0.5) is 4.79 Å². The summed E-state index contributed by atoms with van der Waals surface area (Å²) in [5, 5.41) is 11.5. The lowest BCUT2D eigenvalue weighted by Gasteiger charge is -2.30. The Hall–Kier alpha value is -1.70. The molecule has 1 aliphatic rings. The number of carboxylic acid groups (broad SMARTS) is 1. The number of urea groups is 1. The molecule has 1 unspecified atom stereocenters. The van der Waals surface area contributed by atoms with Crippen LogP contribution in [0.1, 0.15) is 19.3 Å². The number of rotatable bonds is 3. The molecule has 0 aromatic carbocycles. The van der Waals surface area contributed by atoms with Crippen LogP contribution in [0.3, 0.4) is 0 Å². The Morgan fingerprint density at radius 2 is 2.31 bits per heavy atom. The van der Waals surface area contributed by atoms with Gasteiger partial charge in [0.05, 0.1) is 5.92 Å². The van der Waals surface area contributed by atoms with Crippen molar-refractivity contribution in [3.8, 4) is 12.3 Å². The van der Waals surface area contributed by atoms with Crippen LogP contribution in [0.5, 0.6) is 0 Å². The van der Waals surface area contributed by atoms with Crippen molar-refractivity contribution in [1.29, 1.82) is 0 Å². The molecule has 1 aliphatic heterocycles. The Bertz CT molecular complexity index is 309. The molecule has 0 bridgehead atoms. The second-order valence-corrected chi connectivity index (χ2v) is 3.81. The lowest BCUT2D eigenvalue weighted by molar-refractivity contribution is -0.143. The van der Waals surface area contributed by atoms with Gasteiger partial charge in [-0.2, -0.15) is 0 Å². The molecule has 1 fully saturated rings. The largest absolute Gasteiger partial charge is 0.481 e. The second kappa shape index (κ2) is 6.01. The van der Waals surface area contributed by atoms with Crippen LogP contribution >= 0.6 is 0 Å². The Morgan fingerprint density at radius 3 is 2.94 bits per heavy atom. The van der Waals surface area contributed by atoms with Crippen molar-refractivity contribution < 1.29 is 14.7 Å². The highest BCUT2D eigenvalue weighted by atomic mass is 16.4. The number of likely N-dealkylation sites (tertiary alicyclic amines) is 1. The minimum atomic E-state index is -0.832. The van der Waals surface area contributed by atoms with Crippen molar-refractivity contribution in [2.45, 2.75) is 19.3 Å². The number of terminal acetylenes is 1. The SMILES string of the molecule is C#CCCNC(=O)N1CCCC(C(=O)O)C1. The van der Waals surface area contributed by atoms with Gasteiger partial charge < -0.3 is 15.3 Å². The van der Waals surface area contributed by atoms with Crippen molar-refractivity contribution in [2.24, 2.45) is 5.92 Å². The number of nitrogens with zero attached hydrogens (tertiary/aromatic N) is 1. The maximum atomic E-state index is 11.6. The molecular weight excluding hydrogens is 208 g/mol. The molecule has 1 rings (SSSR count). The zero-order valence-corrected chi connectivity index (χ0v) is 9.11. The van der Waals surface area contributed by atoms with Gasteiger partial charge in [-0.3, -0.25) is 4.79 Å². The number of carbonyl (C=O) groups excluding carboxylic acids is 1. The maximum absolute atomic E-state index is 11.6. The lowest BCUT2D eigenvalue weighted by atomic mass is 9.99. The van der Waals surface area contributed by atoms with E-state index < -0.39 is 11.9 Å². The molecule has 1 saturated heterocycles. The quantitative estimate of drug-likeness (QED) is 0.542. The van der Waals surface area contributed by atoms with Crippen molar-refractivity contribution in [1.82, 2.24) is 10.2 Å². The fourth-order valence-corrected chi connectivity index (χ4v) is 1.72. The minimum absolute atomic E-state index is 0.221. The molecule has 0 aromatic rings. The predicted octanol–water partition coefficient (Wildman–Crippen LogP) is 0.516. The standard InChI is InChI=1S/C11H16N2O3/c1-2-3-6-12-11(16)13-7-4-5-9(8-13)10(14)15/h1,9H,3-8H2,(H,12,16)(H,14,15). The molecular formula is C11H16N2O3. The Labute approximate surface area is 94.8 Å². The van der Waals surface area contributed by atoms with E-state index in [0.29, 0.717) is 25.9 Å². The molecule has 2 N–H and O–H groups in total. The van der Waals surface area contributed by atoms with Crippen molar-refractivity contribution >= 4 is 12.0 Å². The molecule has 0 spiro atoms. The van der Waals surface area contributed by atoms with E-state index in [-0.39, 0.29) is 12.6 Å². The van der Waals surface area contributed by atoms with E-state index in [4.69, 9.17) is 11.5 Å². The van der Waals surface area contributed by atoms with Crippen molar-refractivity contribution in [2.75, 3.05) is 19.6 Å². The Morgan fingerprint density at radius 1 is 1.56 bits per heavy atom. The van der Waals surface area contributed by atoms with Crippen LogP contribution < -0.4 is 5.32 Å². The highest BCUT2D eigenvalue weighted by Gasteiger charge is 2.27. The van der Waals surface area contributed by atoms with Gasteiger partial charge >= 0.3 is 12.0 Å². The number of hydrogen-bond acceptors (Lipinski definition) is 2. The molecule has 5 nitrogen and oxygen atoms in total. The number of amides is 2. The lowest BCUT2D eigenvalue weighted by Crippen LogP contribution is -2.47. The summed E-state index contributed by atoms with van der Waals surface area (Å²) >= 11 is 0. The molecule has 0 aromatic heterocycles. The van der Waals surface area contributed by atoms with Gasteiger partial charge in [0, 0.05) is 26.1 Å². The van der Waals surface area contributed by atoms with E-state index in [1.807, 2.05) is 0 Å². The Kier molecular flexibility index (Phi) is 4.65. The third-order valence-electron chi connectivity index (χ3n) is 2.60. The summed E-state index contributed by atoms with van der Waals surface area (Å²) in [5.41, 5.74) is 0. The fraction of sp³-hybridized carbons (Fsp3) is 0.636. The van der Waals surface area contributed by atoms with Crippen LogP contribution in [-0.2, 0) is 4.79 Å². The van der Waals surface area contributed by atoms with Gasteiger partial charge in [0.25, 0.3) is 0 Å². The van der Waals surface area contributed by atoms with Gasteiger partial charge in [-0.1, -0.05) is 0 Å². The van der Waals surface area contributed by atoms with Gasteiger partial charge in [-0.25, -0.2) is 4.79 Å². The minimum Gasteiger partial charge on any atom is -0.481 e. The first-order chi connectivity index (χ1) is 7.65.